The summed E-state index contributed by atoms with van der Waals surface area (Å²) in [5, 5.41) is 2.65. The number of alkyl halides is 3. The van der Waals surface area contributed by atoms with Crippen molar-refractivity contribution in [2.45, 2.75) is 25.6 Å². The lowest BCUT2D eigenvalue weighted by molar-refractivity contribution is -0.141. The van der Waals surface area contributed by atoms with E-state index < -0.39 is 17.9 Å². The number of thioether (sulfide) groups is 1. The van der Waals surface area contributed by atoms with Gasteiger partial charge in [0.1, 0.15) is 17.3 Å². The molecule has 0 aliphatic carbocycles. The van der Waals surface area contributed by atoms with E-state index in [4.69, 9.17) is 0 Å². The quantitative estimate of drug-likeness (QED) is 0.898. The van der Waals surface area contributed by atoms with Crippen LogP contribution in [0.25, 0.3) is 0 Å². The molecular weight excluding hydrogens is 267 g/mol. The van der Waals surface area contributed by atoms with Crippen molar-refractivity contribution >= 4 is 22.7 Å². The van der Waals surface area contributed by atoms with E-state index in [-0.39, 0.29) is 16.8 Å². The van der Waals surface area contributed by atoms with E-state index >= 15 is 0 Å². The van der Waals surface area contributed by atoms with E-state index in [1.54, 1.807) is 0 Å². The number of nitrogens with one attached hydrogen (secondary N) is 1. The Hall–Kier alpha value is -1.31. The number of carbonyl (C=O) groups excluding carboxylic acids is 1. The number of hydrogen-bond acceptors (Lipinski definition) is 5. The summed E-state index contributed by atoms with van der Waals surface area (Å²) in [4.78, 5) is 18.6. The van der Waals surface area contributed by atoms with Gasteiger partial charge in [0.15, 0.2) is 0 Å². The Kier molecular flexibility index (Phi) is 3.47. The lowest BCUT2D eigenvalue weighted by Crippen LogP contribution is -2.24. The molecule has 1 aliphatic heterocycles. The minimum Gasteiger partial charge on any atom is -0.359 e. The van der Waals surface area contributed by atoms with E-state index in [0.717, 1.165) is 6.07 Å². The number of anilines is 1. The van der Waals surface area contributed by atoms with E-state index in [9.17, 15) is 18.0 Å². The first-order valence-corrected chi connectivity index (χ1v) is 6.21. The van der Waals surface area contributed by atoms with Gasteiger partial charge in [-0.25, -0.2) is 9.97 Å². The van der Waals surface area contributed by atoms with Crippen molar-refractivity contribution < 1.29 is 18.0 Å². The van der Waals surface area contributed by atoms with E-state index in [0.29, 0.717) is 12.2 Å². The monoisotopic (exact) mass is 277 g/mol. The average Bonchev–Trinajstić information content (AvgIpc) is 2.62. The van der Waals surface area contributed by atoms with Crippen LogP contribution in [0.5, 0.6) is 0 Å². The fraction of sp³-hybridized carbons (Fsp3) is 0.500. The van der Waals surface area contributed by atoms with Crippen LogP contribution in [0.15, 0.2) is 6.07 Å². The van der Waals surface area contributed by atoms with Crippen molar-refractivity contribution in [1.29, 1.82) is 0 Å². The van der Waals surface area contributed by atoms with Crippen molar-refractivity contribution in [2.24, 2.45) is 0 Å². The van der Waals surface area contributed by atoms with Gasteiger partial charge in [0.2, 0.25) is 5.12 Å². The number of halogens is 3. The molecule has 1 aromatic rings. The number of nitrogens with zero attached hydrogens (tertiary/aromatic N) is 2. The molecule has 1 fully saturated rings. The summed E-state index contributed by atoms with van der Waals surface area (Å²) in [6.07, 6.45) is -3.92. The van der Waals surface area contributed by atoms with Gasteiger partial charge in [0.05, 0.1) is 6.04 Å². The second-order valence-corrected chi connectivity index (χ2v) is 4.94. The standard InChI is InChI=1S/C10H10F3N3OS/c1-5-14-7(10(11,12)13)4-8(15-5)16-6-2-3-18-9(6)17/h4,6H,2-3H2,1H3,(H,14,15,16). The highest BCUT2D eigenvalue weighted by molar-refractivity contribution is 8.14. The van der Waals surface area contributed by atoms with Gasteiger partial charge in [0.25, 0.3) is 0 Å². The van der Waals surface area contributed by atoms with Crippen molar-refractivity contribution in [2.75, 3.05) is 11.1 Å². The Bertz CT molecular complexity index is 478. The van der Waals surface area contributed by atoms with Crippen LogP contribution < -0.4 is 5.32 Å². The Morgan fingerprint density at radius 3 is 2.72 bits per heavy atom. The molecule has 0 aromatic carbocycles. The zero-order valence-corrected chi connectivity index (χ0v) is 10.2. The molecule has 2 heterocycles. The third kappa shape index (κ3) is 2.92. The molecule has 1 atom stereocenters. The molecule has 2 rings (SSSR count). The fourth-order valence-electron chi connectivity index (χ4n) is 1.59. The van der Waals surface area contributed by atoms with Crippen molar-refractivity contribution in [3.8, 4) is 0 Å². The zero-order chi connectivity index (χ0) is 13.3. The summed E-state index contributed by atoms with van der Waals surface area (Å²) in [7, 11) is 0. The van der Waals surface area contributed by atoms with Crippen LogP contribution in [0, 0.1) is 6.92 Å². The highest BCUT2D eigenvalue weighted by Gasteiger charge is 2.34. The summed E-state index contributed by atoms with van der Waals surface area (Å²) >= 11 is 1.17. The maximum atomic E-state index is 12.5. The molecule has 0 saturated carbocycles. The minimum atomic E-state index is -4.52. The van der Waals surface area contributed by atoms with E-state index in [1.165, 1.54) is 18.7 Å². The molecule has 4 nitrogen and oxygen atoms in total. The topological polar surface area (TPSA) is 54.9 Å². The molecule has 1 aliphatic rings. The Morgan fingerprint density at radius 2 is 2.17 bits per heavy atom. The van der Waals surface area contributed by atoms with Crippen LogP contribution in [0.4, 0.5) is 19.0 Å². The smallest absolute Gasteiger partial charge is 0.359 e. The van der Waals surface area contributed by atoms with Crippen molar-refractivity contribution in [3.63, 3.8) is 0 Å². The van der Waals surface area contributed by atoms with Crippen LogP contribution >= 0.6 is 11.8 Å². The Balaban J connectivity index is 2.23. The second kappa shape index (κ2) is 4.75. The van der Waals surface area contributed by atoms with Gasteiger partial charge in [0, 0.05) is 11.8 Å². The third-order valence-electron chi connectivity index (χ3n) is 2.39. The molecule has 18 heavy (non-hydrogen) atoms. The van der Waals surface area contributed by atoms with Crippen LogP contribution in [0.2, 0.25) is 0 Å². The van der Waals surface area contributed by atoms with Crippen LogP contribution in [0.3, 0.4) is 0 Å². The predicted molar refractivity (Wildman–Crippen MR) is 61.3 cm³/mol. The van der Waals surface area contributed by atoms with Gasteiger partial charge in [-0.2, -0.15) is 13.2 Å². The molecule has 0 amide bonds. The average molecular weight is 277 g/mol. The summed E-state index contributed by atoms with van der Waals surface area (Å²) in [5.41, 5.74) is -1.00. The fourth-order valence-corrected chi connectivity index (χ4v) is 2.52. The maximum absolute atomic E-state index is 12.5. The van der Waals surface area contributed by atoms with E-state index in [2.05, 4.69) is 15.3 Å². The lowest BCUT2D eigenvalue weighted by Gasteiger charge is -2.13. The normalized spacial score (nSPS) is 20.2. The van der Waals surface area contributed by atoms with Gasteiger partial charge < -0.3 is 5.32 Å². The number of hydrogen-bond donors (Lipinski definition) is 1. The molecular formula is C10H10F3N3OS. The molecule has 1 saturated heterocycles. The summed E-state index contributed by atoms with van der Waals surface area (Å²) in [6, 6.07) is 0.355. The van der Waals surface area contributed by atoms with Gasteiger partial charge in [-0.05, 0) is 13.3 Å². The second-order valence-electron chi connectivity index (χ2n) is 3.84. The highest BCUT2D eigenvalue weighted by Crippen LogP contribution is 2.29. The molecule has 1 N–H and O–H groups in total. The first kappa shape index (κ1) is 13.1. The van der Waals surface area contributed by atoms with Crippen LogP contribution in [0.1, 0.15) is 17.9 Å². The first-order valence-electron chi connectivity index (χ1n) is 5.22. The van der Waals surface area contributed by atoms with Gasteiger partial charge in [-0.15, -0.1) is 0 Å². The van der Waals surface area contributed by atoms with Crippen molar-refractivity contribution in [3.05, 3.63) is 17.6 Å². The predicted octanol–water partition coefficient (Wildman–Crippen LogP) is 2.25. The molecule has 0 radical (unpaired) electrons. The number of aromatic nitrogens is 2. The molecule has 0 spiro atoms. The van der Waals surface area contributed by atoms with Crippen LogP contribution in [-0.4, -0.2) is 26.9 Å². The maximum Gasteiger partial charge on any atom is 0.433 e. The zero-order valence-electron chi connectivity index (χ0n) is 9.41. The highest BCUT2D eigenvalue weighted by atomic mass is 32.2. The number of carbonyl (C=O) groups is 1. The number of rotatable bonds is 2. The van der Waals surface area contributed by atoms with Crippen molar-refractivity contribution in [1.82, 2.24) is 9.97 Å². The summed E-state index contributed by atoms with van der Waals surface area (Å²) < 4.78 is 37.6. The lowest BCUT2D eigenvalue weighted by atomic mass is 10.2. The largest absolute Gasteiger partial charge is 0.433 e. The Morgan fingerprint density at radius 1 is 1.44 bits per heavy atom. The van der Waals surface area contributed by atoms with Gasteiger partial charge in [-0.3, -0.25) is 4.79 Å². The molecule has 8 heteroatoms. The van der Waals surface area contributed by atoms with Gasteiger partial charge >= 0.3 is 6.18 Å². The molecule has 1 unspecified atom stereocenters. The van der Waals surface area contributed by atoms with Gasteiger partial charge in [-0.1, -0.05) is 11.8 Å². The minimum absolute atomic E-state index is 0.0189. The SMILES string of the molecule is Cc1nc(NC2CCSC2=O)cc(C(F)(F)F)n1. The molecule has 0 bridgehead atoms. The third-order valence-corrected chi connectivity index (χ3v) is 3.39. The van der Waals surface area contributed by atoms with Crippen LogP contribution in [-0.2, 0) is 11.0 Å². The first-order chi connectivity index (χ1) is 8.36. The summed E-state index contributed by atoms with van der Waals surface area (Å²) in [5.74, 6) is 0.730. The number of aryl methyl sites for hydroxylation is 1. The van der Waals surface area contributed by atoms with E-state index in [1.807, 2.05) is 0 Å². The molecule has 1 aromatic heterocycles. The Labute approximate surface area is 105 Å². The molecule has 98 valence electrons. The summed E-state index contributed by atoms with van der Waals surface area (Å²) in [6.45, 7) is 1.38.